The summed E-state index contributed by atoms with van der Waals surface area (Å²) in [5.41, 5.74) is 0.135. The van der Waals surface area contributed by atoms with Gasteiger partial charge in [0.25, 0.3) is 0 Å². The maximum absolute atomic E-state index is 14.0. The van der Waals surface area contributed by atoms with Gasteiger partial charge in [-0.2, -0.15) is 4.31 Å². The van der Waals surface area contributed by atoms with E-state index in [-0.39, 0.29) is 17.6 Å². The zero-order valence-corrected chi connectivity index (χ0v) is 12.6. The summed E-state index contributed by atoms with van der Waals surface area (Å²) in [7, 11) is -3.94. The topological polar surface area (TPSA) is 49.4 Å². The van der Waals surface area contributed by atoms with Crippen LogP contribution in [0.5, 0.6) is 0 Å². The molecule has 4 nitrogen and oxygen atoms in total. The highest BCUT2D eigenvalue weighted by atomic mass is 32.2. The first-order chi connectivity index (χ1) is 9.91. The Morgan fingerprint density at radius 1 is 1.14 bits per heavy atom. The Labute approximate surface area is 123 Å². The van der Waals surface area contributed by atoms with Crippen molar-refractivity contribution in [1.29, 1.82) is 0 Å². The molecule has 2 fully saturated rings. The van der Waals surface area contributed by atoms with Crippen molar-refractivity contribution < 1.29 is 17.2 Å². The lowest BCUT2D eigenvalue weighted by Gasteiger charge is -2.27. The van der Waals surface area contributed by atoms with Crippen molar-refractivity contribution in [2.45, 2.75) is 43.2 Å². The van der Waals surface area contributed by atoms with Gasteiger partial charge in [0.1, 0.15) is 16.5 Å². The number of benzene rings is 1. The van der Waals surface area contributed by atoms with Gasteiger partial charge in [0.15, 0.2) is 0 Å². The van der Waals surface area contributed by atoms with Gasteiger partial charge in [-0.25, -0.2) is 17.2 Å². The summed E-state index contributed by atoms with van der Waals surface area (Å²) in [4.78, 5) is -0.416. The van der Waals surface area contributed by atoms with E-state index in [9.17, 15) is 17.2 Å². The first-order valence-corrected chi connectivity index (χ1v) is 8.55. The molecule has 0 amide bonds. The molecule has 1 aromatic carbocycles. The second-order valence-electron chi connectivity index (χ2n) is 5.74. The summed E-state index contributed by atoms with van der Waals surface area (Å²) >= 11 is 0. The smallest absolute Gasteiger partial charge is 0.246 e. The highest BCUT2D eigenvalue weighted by molar-refractivity contribution is 7.89. The van der Waals surface area contributed by atoms with Crippen LogP contribution in [0, 0.1) is 18.6 Å². The Morgan fingerprint density at radius 2 is 1.86 bits per heavy atom. The summed E-state index contributed by atoms with van der Waals surface area (Å²) in [6, 6.07) is 1.50. The SMILES string of the molecule is Cc1cc(S(=O)(=O)N2C3CCNCC2CC3)c(F)cc1F. The van der Waals surface area contributed by atoms with Crippen LogP contribution in [-0.4, -0.2) is 37.9 Å². The lowest BCUT2D eigenvalue weighted by molar-refractivity contribution is 0.332. The number of hydrogen-bond donors (Lipinski definition) is 1. The summed E-state index contributed by atoms with van der Waals surface area (Å²) < 4.78 is 54.4. The van der Waals surface area contributed by atoms with E-state index in [1.807, 2.05) is 0 Å². The normalized spacial score (nSPS) is 26.8. The monoisotopic (exact) mass is 316 g/mol. The second kappa shape index (κ2) is 5.30. The minimum atomic E-state index is -3.94. The molecule has 1 N–H and O–H groups in total. The van der Waals surface area contributed by atoms with Crippen LogP contribution in [0.25, 0.3) is 0 Å². The van der Waals surface area contributed by atoms with Gasteiger partial charge in [-0.3, -0.25) is 0 Å². The van der Waals surface area contributed by atoms with Crippen molar-refractivity contribution in [1.82, 2.24) is 9.62 Å². The third kappa shape index (κ3) is 2.47. The number of hydrogen-bond acceptors (Lipinski definition) is 3. The van der Waals surface area contributed by atoms with Crippen molar-refractivity contribution in [2.75, 3.05) is 13.1 Å². The summed E-state index contributed by atoms with van der Waals surface area (Å²) in [5, 5.41) is 3.21. The van der Waals surface area contributed by atoms with Gasteiger partial charge >= 0.3 is 0 Å². The molecule has 2 aliphatic heterocycles. The second-order valence-corrected chi connectivity index (χ2v) is 7.56. The molecule has 0 radical (unpaired) electrons. The zero-order valence-electron chi connectivity index (χ0n) is 11.8. The molecule has 2 atom stereocenters. The van der Waals surface area contributed by atoms with Crippen LogP contribution in [0.1, 0.15) is 24.8 Å². The standard InChI is InChI=1S/C14H18F2N2O2S/c1-9-6-14(13(16)7-12(9)15)21(19,20)18-10-2-3-11(18)8-17-5-4-10/h6-7,10-11,17H,2-5,8H2,1H3. The van der Waals surface area contributed by atoms with Crippen LogP contribution in [0.4, 0.5) is 8.78 Å². The lowest BCUT2D eigenvalue weighted by atomic mass is 10.1. The molecule has 2 unspecified atom stereocenters. The van der Waals surface area contributed by atoms with Gasteiger partial charge in [0, 0.05) is 24.7 Å². The number of fused-ring (bicyclic) bond motifs is 2. The molecule has 21 heavy (non-hydrogen) atoms. The highest BCUT2D eigenvalue weighted by Crippen LogP contribution is 2.34. The Balaban J connectivity index is 2.06. The molecule has 7 heteroatoms. The fourth-order valence-corrected chi connectivity index (χ4v) is 5.31. The summed E-state index contributed by atoms with van der Waals surface area (Å²) in [6.07, 6.45) is 2.30. The Morgan fingerprint density at radius 3 is 2.62 bits per heavy atom. The van der Waals surface area contributed by atoms with E-state index >= 15 is 0 Å². The van der Waals surface area contributed by atoms with Crippen LogP contribution in [0.2, 0.25) is 0 Å². The van der Waals surface area contributed by atoms with Gasteiger partial charge in [-0.1, -0.05) is 0 Å². The van der Waals surface area contributed by atoms with Gasteiger partial charge < -0.3 is 5.32 Å². The fraction of sp³-hybridized carbons (Fsp3) is 0.571. The van der Waals surface area contributed by atoms with Crippen LogP contribution in [-0.2, 0) is 10.0 Å². The average molecular weight is 316 g/mol. The van der Waals surface area contributed by atoms with E-state index in [0.29, 0.717) is 12.6 Å². The molecule has 3 rings (SSSR count). The van der Waals surface area contributed by atoms with E-state index in [1.54, 1.807) is 0 Å². The highest BCUT2D eigenvalue weighted by Gasteiger charge is 2.44. The van der Waals surface area contributed by atoms with Crippen molar-refractivity contribution in [2.24, 2.45) is 0 Å². The van der Waals surface area contributed by atoms with Crippen molar-refractivity contribution >= 4 is 10.0 Å². The largest absolute Gasteiger partial charge is 0.315 e. The van der Waals surface area contributed by atoms with Gasteiger partial charge in [0.05, 0.1) is 0 Å². The predicted octanol–water partition coefficient (Wildman–Crippen LogP) is 1.79. The Kier molecular flexibility index (Phi) is 3.75. The number of rotatable bonds is 2. The molecule has 0 aliphatic carbocycles. The lowest BCUT2D eigenvalue weighted by Crippen LogP contribution is -2.42. The zero-order chi connectivity index (χ0) is 15.2. The predicted molar refractivity (Wildman–Crippen MR) is 74.4 cm³/mol. The van der Waals surface area contributed by atoms with Gasteiger partial charge in [-0.15, -0.1) is 0 Å². The summed E-state index contributed by atoms with van der Waals surface area (Å²) in [5.74, 6) is -1.75. The molecule has 0 saturated carbocycles. The maximum atomic E-state index is 14.0. The molecular formula is C14H18F2N2O2S. The van der Waals surface area contributed by atoms with E-state index in [1.165, 1.54) is 11.2 Å². The van der Waals surface area contributed by atoms with Gasteiger partial charge in [-0.05, 0) is 44.4 Å². The molecule has 0 spiro atoms. The number of aryl methyl sites for hydroxylation is 1. The molecule has 2 aliphatic rings. The number of halogens is 2. The first-order valence-electron chi connectivity index (χ1n) is 7.11. The van der Waals surface area contributed by atoms with Crippen LogP contribution in [0.15, 0.2) is 17.0 Å². The number of nitrogens with one attached hydrogen (secondary N) is 1. The van der Waals surface area contributed by atoms with Crippen LogP contribution >= 0.6 is 0 Å². The van der Waals surface area contributed by atoms with E-state index in [2.05, 4.69) is 5.32 Å². The molecule has 116 valence electrons. The van der Waals surface area contributed by atoms with Crippen molar-refractivity contribution in [3.05, 3.63) is 29.3 Å². The van der Waals surface area contributed by atoms with Crippen LogP contribution in [0.3, 0.4) is 0 Å². The molecule has 0 aromatic heterocycles. The maximum Gasteiger partial charge on any atom is 0.246 e. The third-order valence-electron chi connectivity index (χ3n) is 4.36. The van der Waals surface area contributed by atoms with Gasteiger partial charge in [0.2, 0.25) is 10.0 Å². The van der Waals surface area contributed by atoms with E-state index in [4.69, 9.17) is 0 Å². The first kappa shape index (κ1) is 14.9. The average Bonchev–Trinajstić information content (AvgIpc) is 2.68. The Hall–Kier alpha value is -1.05. The Bertz CT molecular complexity index is 649. The number of sulfonamides is 1. The van der Waals surface area contributed by atoms with Crippen molar-refractivity contribution in [3.63, 3.8) is 0 Å². The van der Waals surface area contributed by atoms with Crippen LogP contribution < -0.4 is 5.32 Å². The minimum absolute atomic E-state index is 0.0974. The minimum Gasteiger partial charge on any atom is -0.315 e. The van der Waals surface area contributed by atoms with Crippen molar-refractivity contribution in [3.8, 4) is 0 Å². The molecule has 1 aromatic rings. The van der Waals surface area contributed by atoms with E-state index in [0.717, 1.165) is 31.9 Å². The molecule has 2 heterocycles. The van der Waals surface area contributed by atoms with E-state index < -0.39 is 26.6 Å². The molecule has 2 saturated heterocycles. The third-order valence-corrected chi connectivity index (χ3v) is 6.38. The number of nitrogens with zero attached hydrogens (tertiary/aromatic N) is 1. The fourth-order valence-electron chi connectivity index (χ4n) is 3.27. The molecular weight excluding hydrogens is 298 g/mol. The summed E-state index contributed by atoms with van der Waals surface area (Å²) in [6.45, 7) is 2.78. The molecule has 2 bridgehead atoms. The quantitative estimate of drug-likeness (QED) is 0.905.